The van der Waals surface area contributed by atoms with Crippen LogP contribution in [0.5, 0.6) is 0 Å². The molecule has 1 unspecified atom stereocenters. The summed E-state index contributed by atoms with van der Waals surface area (Å²) >= 11 is 0. The normalized spacial score (nSPS) is 12.0. The molecule has 0 saturated carbocycles. The molecule has 4 aromatic rings. The Kier molecular flexibility index (Phi) is 7.44. The quantitative estimate of drug-likeness (QED) is 0.377. The van der Waals surface area contributed by atoms with E-state index in [1.54, 1.807) is 4.68 Å². The Morgan fingerprint density at radius 2 is 1.59 bits per heavy atom. The topological polar surface area (TPSA) is 81.9 Å². The molecule has 4 rings (SSSR count). The summed E-state index contributed by atoms with van der Waals surface area (Å²) in [6.07, 6.45) is 0. The lowest BCUT2D eigenvalue weighted by molar-refractivity contribution is -0.148. The molecule has 0 aliphatic heterocycles. The first kappa shape index (κ1) is 23.3. The Labute approximate surface area is 199 Å². The average Bonchev–Trinajstić information content (AvgIpc) is 3.29. The summed E-state index contributed by atoms with van der Waals surface area (Å²) in [5.41, 5.74) is 5.17. The van der Waals surface area contributed by atoms with Crippen molar-refractivity contribution in [1.82, 2.24) is 25.5 Å². The van der Waals surface area contributed by atoms with Gasteiger partial charge in [0.05, 0.1) is 0 Å². The number of hydrogen-bond donors (Lipinski definition) is 1. The van der Waals surface area contributed by atoms with E-state index in [0.29, 0.717) is 6.54 Å². The summed E-state index contributed by atoms with van der Waals surface area (Å²) in [6, 6.07) is 25.7. The highest BCUT2D eigenvalue weighted by molar-refractivity contribution is 5.80. The molecule has 1 heterocycles. The number of esters is 1. The minimum absolute atomic E-state index is 0.106. The lowest BCUT2D eigenvalue weighted by Crippen LogP contribution is -2.41. The summed E-state index contributed by atoms with van der Waals surface area (Å²) in [4.78, 5) is 12.7. The summed E-state index contributed by atoms with van der Waals surface area (Å²) in [7, 11) is 1.83. The van der Waals surface area contributed by atoms with Crippen molar-refractivity contribution in [1.29, 1.82) is 0 Å². The van der Waals surface area contributed by atoms with Gasteiger partial charge in [-0.05, 0) is 38.6 Å². The van der Waals surface area contributed by atoms with E-state index in [1.165, 1.54) is 0 Å². The summed E-state index contributed by atoms with van der Waals surface area (Å²) in [5, 5.41) is 15.2. The van der Waals surface area contributed by atoms with Gasteiger partial charge in [0.25, 0.3) is 0 Å². The van der Waals surface area contributed by atoms with E-state index in [-0.39, 0.29) is 24.5 Å². The minimum Gasteiger partial charge on any atom is -0.460 e. The van der Waals surface area contributed by atoms with Gasteiger partial charge in [-0.3, -0.25) is 4.79 Å². The molecule has 3 aromatic carbocycles. The molecular formula is C27H29N5O2. The van der Waals surface area contributed by atoms with Crippen LogP contribution in [-0.2, 0) is 29.7 Å². The number of benzene rings is 3. The number of aryl methyl sites for hydroxylation is 1. The van der Waals surface area contributed by atoms with Crippen molar-refractivity contribution < 1.29 is 9.53 Å². The number of nitrogens with one attached hydrogen (secondary N) is 1. The van der Waals surface area contributed by atoms with Crippen LogP contribution in [0.4, 0.5) is 0 Å². The fraction of sp³-hybridized carbons (Fsp3) is 0.259. The fourth-order valence-electron chi connectivity index (χ4n) is 3.83. The fourth-order valence-corrected chi connectivity index (χ4v) is 3.83. The summed E-state index contributed by atoms with van der Waals surface area (Å²) < 4.78 is 7.22. The van der Waals surface area contributed by atoms with Crippen molar-refractivity contribution in [3.63, 3.8) is 0 Å². The molecule has 0 saturated heterocycles. The number of carbonyl (C=O) groups is 1. The third kappa shape index (κ3) is 5.55. The molecule has 1 N–H and O–H groups in total. The maximum Gasteiger partial charge on any atom is 0.323 e. The van der Waals surface area contributed by atoms with Crippen molar-refractivity contribution in [2.24, 2.45) is 13.0 Å². The SMILES string of the molecule is CC(C)C(NCc1ccc(-c2ccccc2-c2nnnn2C)cc1)C(=O)OCc1ccccc1. The highest BCUT2D eigenvalue weighted by Crippen LogP contribution is 2.30. The zero-order chi connectivity index (χ0) is 23.9. The van der Waals surface area contributed by atoms with Gasteiger partial charge >= 0.3 is 5.97 Å². The highest BCUT2D eigenvalue weighted by Gasteiger charge is 2.23. The first-order valence-electron chi connectivity index (χ1n) is 11.4. The van der Waals surface area contributed by atoms with Crippen molar-refractivity contribution in [2.75, 3.05) is 0 Å². The Hall–Kier alpha value is -3.84. The molecule has 0 amide bonds. The third-order valence-corrected chi connectivity index (χ3v) is 5.72. The van der Waals surface area contributed by atoms with E-state index >= 15 is 0 Å². The molecule has 7 heteroatoms. The molecule has 0 radical (unpaired) electrons. The van der Waals surface area contributed by atoms with Crippen LogP contribution in [0.15, 0.2) is 78.9 Å². The van der Waals surface area contributed by atoms with Crippen LogP contribution in [-0.4, -0.2) is 32.2 Å². The van der Waals surface area contributed by atoms with E-state index in [1.807, 2.05) is 69.4 Å². The highest BCUT2D eigenvalue weighted by atomic mass is 16.5. The number of hydrogen-bond acceptors (Lipinski definition) is 6. The Bertz CT molecular complexity index is 1220. The largest absolute Gasteiger partial charge is 0.460 e. The van der Waals surface area contributed by atoms with Crippen LogP contribution in [0.1, 0.15) is 25.0 Å². The Morgan fingerprint density at radius 3 is 2.24 bits per heavy atom. The number of nitrogens with zero attached hydrogens (tertiary/aromatic N) is 4. The van der Waals surface area contributed by atoms with Gasteiger partial charge in [0.1, 0.15) is 12.6 Å². The van der Waals surface area contributed by atoms with E-state index in [2.05, 4.69) is 51.2 Å². The van der Waals surface area contributed by atoms with Crippen molar-refractivity contribution in [3.05, 3.63) is 90.0 Å². The first-order valence-corrected chi connectivity index (χ1v) is 11.4. The molecule has 0 aliphatic rings. The second-order valence-corrected chi connectivity index (χ2v) is 8.56. The van der Waals surface area contributed by atoms with Crippen LogP contribution >= 0.6 is 0 Å². The number of carbonyl (C=O) groups excluding carboxylic acids is 1. The van der Waals surface area contributed by atoms with Gasteiger partial charge in [0, 0.05) is 19.2 Å². The van der Waals surface area contributed by atoms with Crippen LogP contribution in [0.2, 0.25) is 0 Å². The first-order chi connectivity index (χ1) is 16.5. The van der Waals surface area contributed by atoms with E-state index in [0.717, 1.165) is 33.6 Å². The van der Waals surface area contributed by atoms with E-state index in [9.17, 15) is 4.79 Å². The van der Waals surface area contributed by atoms with Gasteiger partial charge in [-0.15, -0.1) is 5.10 Å². The van der Waals surface area contributed by atoms with Gasteiger partial charge in [0.2, 0.25) is 0 Å². The standard InChI is InChI=1S/C27H29N5O2/c1-19(2)25(27(33)34-18-21-9-5-4-6-10-21)28-17-20-13-15-22(16-14-20)23-11-7-8-12-24(23)26-29-30-31-32(26)3/h4-16,19,25,28H,17-18H2,1-3H3. The van der Waals surface area contributed by atoms with Crippen molar-refractivity contribution in [3.8, 4) is 22.5 Å². The molecule has 1 aromatic heterocycles. The van der Waals surface area contributed by atoms with Crippen molar-refractivity contribution in [2.45, 2.75) is 33.0 Å². The Balaban J connectivity index is 1.41. The second kappa shape index (κ2) is 10.9. The van der Waals surface area contributed by atoms with E-state index in [4.69, 9.17) is 4.74 Å². The summed E-state index contributed by atoms with van der Waals surface area (Å²) in [5.74, 6) is 0.589. The van der Waals surface area contributed by atoms with Crippen LogP contribution in [0.25, 0.3) is 22.5 Å². The predicted octanol–water partition coefficient (Wildman–Crippen LogP) is 4.40. The van der Waals surface area contributed by atoms with Gasteiger partial charge in [-0.25, -0.2) is 4.68 Å². The lowest BCUT2D eigenvalue weighted by atomic mass is 9.98. The number of ether oxygens (including phenoxy) is 1. The van der Waals surface area contributed by atoms with Crippen molar-refractivity contribution >= 4 is 5.97 Å². The third-order valence-electron chi connectivity index (χ3n) is 5.72. The molecule has 1 atom stereocenters. The monoisotopic (exact) mass is 455 g/mol. The van der Waals surface area contributed by atoms with Crippen LogP contribution in [0.3, 0.4) is 0 Å². The predicted molar refractivity (Wildman–Crippen MR) is 131 cm³/mol. The molecule has 174 valence electrons. The van der Waals surface area contributed by atoms with Crippen LogP contribution < -0.4 is 5.32 Å². The molecular weight excluding hydrogens is 426 g/mol. The number of aromatic nitrogens is 4. The zero-order valence-electron chi connectivity index (χ0n) is 19.7. The maximum atomic E-state index is 12.7. The van der Waals surface area contributed by atoms with Crippen LogP contribution in [0, 0.1) is 5.92 Å². The minimum atomic E-state index is -0.382. The molecule has 7 nitrogen and oxygen atoms in total. The van der Waals surface area contributed by atoms with Gasteiger partial charge in [0.15, 0.2) is 5.82 Å². The molecule has 34 heavy (non-hydrogen) atoms. The molecule has 0 spiro atoms. The zero-order valence-corrected chi connectivity index (χ0v) is 19.7. The van der Waals surface area contributed by atoms with E-state index < -0.39 is 0 Å². The maximum absolute atomic E-state index is 12.7. The molecule has 0 fully saturated rings. The number of tetrazole rings is 1. The summed E-state index contributed by atoms with van der Waals surface area (Å²) in [6.45, 7) is 4.88. The lowest BCUT2D eigenvalue weighted by Gasteiger charge is -2.21. The van der Waals surface area contributed by atoms with Gasteiger partial charge in [-0.1, -0.05) is 92.7 Å². The molecule has 0 aliphatic carbocycles. The van der Waals surface area contributed by atoms with Gasteiger partial charge in [-0.2, -0.15) is 0 Å². The van der Waals surface area contributed by atoms with Gasteiger partial charge < -0.3 is 10.1 Å². The smallest absolute Gasteiger partial charge is 0.323 e. The average molecular weight is 456 g/mol. The Morgan fingerprint density at radius 1 is 0.912 bits per heavy atom. The molecule has 0 bridgehead atoms. The second-order valence-electron chi connectivity index (χ2n) is 8.56. The number of rotatable bonds is 9.